The first-order valence-electron chi connectivity index (χ1n) is 11.9. The minimum Gasteiger partial charge on any atom is -0.390 e. The molecule has 0 heterocycles. The van der Waals surface area contributed by atoms with E-state index in [-0.39, 0.29) is 42.1 Å². The molecule has 3 aromatic carbocycles. The molecule has 0 bridgehead atoms. The fourth-order valence-electron chi connectivity index (χ4n) is 3.77. The SMILES string of the molecule is CC(C)c1ccc(S(=O)(=O)N(Cc2cccc(C(=N)N)c2)CC(O)CNc2ccc(C(=N)N)cc2)cc1. The van der Waals surface area contributed by atoms with E-state index < -0.39 is 16.1 Å². The molecular formula is C27H34N6O3S. The average Bonchev–Trinajstić information content (AvgIpc) is 2.87. The number of nitrogen functional groups attached to an aromatic ring is 2. The monoisotopic (exact) mass is 522 g/mol. The third kappa shape index (κ3) is 7.39. The number of aliphatic hydroxyl groups is 1. The second-order valence-electron chi connectivity index (χ2n) is 9.16. The lowest BCUT2D eigenvalue weighted by molar-refractivity contribution is 0.155. The van der Waals surface area contributed by atoms with Crippen LogP contribution in [0.4, 0.5) is 5.69 Å². The number of nitrogens with zero attached hydrogens (tertiary/aromatic N) is 1. The van der Waals surface area contributed by atoms with E-state index in [0.29, 0.717) is 22.4 Å². The van der Waals surface area contributed by atoms with Crippen molar-refractivity contribution in [2.45, 2.75) is 37.3 Å². The molecule has 0 aliphatic rings. The minimum absolute atomic E-state index is 0.000244. The highest BCUT2D eigenvalue weighted by Gasteiger charge is 2.27. The van der Waals surface area contributed by atoms with E-state index >= 15 is 0 Å². The number of rotatable bonds is 12. The largest absolute Gasteiger partial charge is 0.390 e. The van der Waals surface area contributed by atoms with Gasteiger partial charge >= 0.3 is 0 Å². The molecule has 0 aromatic heterocycles. The van der Waals surface area contributed by atoms with Crippen LogP contribution in [0.3, 0.4) is 0 Å². The van der Waals surface area contributed by atoms with Crippen molar-refractivity contribution in [1.29, 1.82) is 10.8 Å². The molecule has 3 aromatic rings. The lowest BCUT2D eigenvalue weighted by Crippen LogP contribution is -2.39. The van der Waals surface area contributed by atoms with Gasteiger partial charge in [-0.15, -0.1) is 0 Å². The van der Waals surface area contributed by atoms with Gasteiger partial charge in [-0.25, -0.2) is 8.42 Å². The summed E-state index contributed by atoms with van der Waals surface area (Å²) in [4.78, 5) is 0.139. The van der Waals surface area contributed by atoms with Crippen molar-refractivity contribution in [3.8, 4) is 0 Å². The number of benzene rings is 3. The molecule has 0 amide bonds. The van der Waals surface area contributed by atoms with E-state index in [1.165, 1.54) is 4.31 Å². The van der Waals surface area contributed by atoms with E-state index in [4.69, 9.17) is 22.3 Å². The summed E-state index contributed by atoms with van der Waals surface area (Å²) in [7, 11) is -3.94. The van der Waals surface area contributed by atoms with E-state index in [1.54, 1.807) is 72.8 Å². The van der Waals surface area contributed by atoms with Crippen molar-refractivity contribution < 1.29 is 13.5 Å². The normalized spacial score (nSPS) is 12.5. The fourth-order valence-corrected chi connectivity index (χ4v) is 5.23. The van der Waals surface area contributed by atoms with Gasteiger partial charge in [-0.1, -0.05) is 44.2 Å². The highest BCUT2D eigenvalue weighted by atomic mass is 32.2. The molecule has 3 rings (SSSR count). The van der Waals surface area contributed by atoms with Gasteiger partial charge in [-0.05, 0) is 59.5 Å². The number of amidine groups is 2. The number of sulfonamides is 1. The molecule has 0 spiro atoms. The molecule has 0 radical (unpaired) electrons. The van der Waals surface area contributed by atoms with Gasteiger partial charge in [-0.2, -0.15) is 4.31 Å². The number of hydrogen-bond donors (Lipinski definition) is 6. The van der Waals surface area contributed by atoms with Gasteiger partial charge in [0.15, 0.2) is 0 Å². The predicted octanol–water partition coefficient (Wildman–Crippen LogP) is 3.04. The average molecular weight is 523 g/mol. The van der Waals surface area contributed by atoms with E-state index in [0.717, 1.165) is 5.56 Å². The summed E-state index contributed by atoms with van der Waals surface area (Å²) >= 11 is 0. The van der Waals surface area contributed by atoms with Gasteiger partial charge in [0.05, 0.1) is 11.0 Å². The third-order valence-electron chi connectivity index (χ3n) is 5.93. The Balaban J connectivity index is 1.82. The van der Waals surface area contributed by atoms with Gasteiger partial charge in [0, 0.05) is 36.4 Å². The fraction of sp³-hybridized carbons (Fsp3) is 0.259. The Kier molecular flexibility index (Phi) is 9.04. The first kappa shape index (κ1) is 27.9. The molecule has 1 unspecified atom stereocenters. The summed E-state index contributed by atoms with van der Waals surface area (Å²) in [5.41, 5.74) is 14.6. The van der Waals surface area contributed by atoms with Crippen LogP contribution in [0.1, 0.15) is 42.0 Å². The van der Waals surface area contributed by atoms with Gasteiger partial charge in [-0.3, -0.25) is 10.8 Å². The highest BCUT2D eigenvalue weighted by Crippen LogP contribution is 2.23. The first-order chi connectivity index (χ1) is 17.5. The molecule has 37 heavy (non-hydrogen) atoms. The van der Waals surface area contributed by atoms with Gasteiger partial charge in [0.1, 0.15) is 11.7 Å². The van der Waals surface area contributed by atoms with Crippen LogP contribution in [0.5, 0.6) is 0 Å². The molecule has 8 N–H and O–H groups in total. The van der Waals surface area contributed by atoms with E-state index in [9.17, 15) is 13.5 Å². The summed E-state index contributed by atoms with van der Waals surface area (Å²) in [5, 5.41) is 29.1. The number of nitrogens with one attached hydrogen (secondary N) is 3. The van der Waals surface area contributed by atoms with Crippen LogP contribution in [0.2, 0.25) is 0 Å². The molecule has 10 heteroatoms. The number of aliphatic hydroxyl groups excluding tert-OH is 1. The predicted molar refractivity (Wildman–Crippen MR) is 148 cm³/mol. The van der Waals surface area contributed by atoms with Crippen LogP contribution in [0, 0.1) is 10.8 Å². The lowest BCUT2D eigenvalue weighted by atomic mass is 10.0. The van der Waals surface area contributed by atoms with Crippen LogP contribution in [0.15, 0.2) is 77.7 Å². The highest BCUT2D eigenvalue weighted by molar-refractivity contribution is 7.89. The minimum atomic E-state index is -3.94. The molecule has 0 aliphatic carbocycles. The molecule has 0 aliphatic heterocycles. The number of hydrogen-bond acceptors (Lipinski definition) is 6. The van der Waals surface area contributed by atoms with Crippen molar-refractivity contribution in [3.05, 3.63) is 95.1 Å². The van der Waals surface area contributed by atoms with Crippen molar-refractivity contribution >= 4 is 27.4 Å². The summed E-state index contributed by atoms with van der Waals surface area (Å²) in [6.45, 7) is 4.02. The Morgan fingerprint density at radius 1 is 0.946 bits per heavy atom. The Morgan fingerprint density at radius 2 is 1.57 bits per heavy atom. The molecule has 1 atom stereocenters. The quantitative estimate of drug-likeness (QED) is 0.158. The number of nitrogens with two attached hydrogens (primary N) is 2. The topological polar surface area (TPSA) is 169 Å². The van der Waals surface area contributed by atoms with E-state index in [2.05, 4.69) is 5.32 Å². The zero-order valence-corrected chi connectivity index (χ0v) is 21.8. The number of anilines is 1. The molecule has 0 saturated carbocycles. The zero-order chi connectivity index (χ0) is 27.2. The van der Waals surface area contributed by atoms with Crippen LogP contribution in [-0.4, -0.2) is 48.7 Å². The maximum absolute atomic E-state index is 13.6. The molecule has 196 valence electrons. The van der Waals surface area contributed by atoms with Crippen molar-refractivity contribution in [2.24, 2.45) is 11.5 Å². The first-order valence-corrected chi connectivity index (χ1v) is 13.3. The summed E-state index contributed by atoms with van der Waals surface area (Å²) in [6, 6.07) is 20.5. The summed E-state index contributed by atoms with van der Waals surface area (Å²) in [6.07, 6.45) is -1.02. The second kappa shape index (κ2) is 12.0. The Hall–Kier alpha value is -3.73. The second-order valence-corrected chi connectivity index (χ2v) is 11.1. The smallest absolute Gasteiger partial charge is 0.243 e. The maximum Gasteiger partial charge on any atom is 0.243 e. The molecule has 0 fully saturated rings. The Labute approximate surface area is 218 Å². The zero-order valence-electron chi connectivity index (χ0n) is 21.0. The van der Waals surface area contributed by atoms with Crippen LogP contribution < -0.4 is 16.8 Å². The maximum atomic E-state index is 13.6. The standard InChI is InChI=1S/C27H34N6O3S/c1-18(2)20-8-12-25(13-9-20)37(35,36)33(16-19-4-3-5-22(14-19)27(30)31)17-24(34)15-32-23-10-6-21(7-11-23)26(28)29/h3-14,18,24,32,34H,15-17H2,1-2H3,(H3,28,29)(H3,30,31). The molecular weight excluding hydrogens is 488 g/mol. The molecule has 0 saturated heterocycles. The molecule has 9 nitrogen and oxygen atoms in total. The van der Waals surface area contributed by atoms with E-state index in [1.807, 2.05) is 13.8 Å². The summed E-state index contributed by atoms with van der Waals surface area (Å²) < 4.78 is 28.5. The van der Waals surface area contributed by atoms with Crippen LogP contribution >= 0.6 is 0 Å². The van der Waals surface area contributed by atoms with Crippen molar-refractivity contribution in [2.75, 3.05) is 18.4 Å². The lowest BCUT2D eigenvalue weighted by Gasteiger charge is -2.26. The third-order valence-corrected chi connectivity index (χ3v) is 7.76. The van der Waals surface area contributed by atoms with Crippen LogP contribution in [0.25, 0.3) is 0 Å². The Bertz CT molecular complexity index is 1340. The van der Waals surface area contributed by atoms with Crippen molar-refractivity contribution in [3.63, 3.8) is 0 Å². The van der Waals surface area contributed by atoms with Gasteiger partial charge in [0.25, 0.3) is 0 Å². The van der Waals surface area contributed by atoms with Gasteiger partial charge in [0.2, 0.25) is 10.0 Å². The Morgan fingerprint density at radius 3 is 2.14 bits per heavy atom. The van der Waals surface area contributed by atoms with Crippen LogP contribution in [-0.2, 0) is 16.6 Å². The van der Waals surface area contributed by atoms with Gasteiger partial charge < -0.3 is 21.9 Å². The summed E-state index contributed by atoms with van der Waals surface area (Å²) in [5.74, 6) is 0.114. The van der Waals surface area contributed by atoms with Crippen molar-refractivity contribution in [1.82, 2.24) is 4.31 Å².